The van der Waals surface area contributed by atoms with E-state index in [9.17, 15) is 4.79 Å². The number of nitrogen functional groups attached to an aromatic ring is 1. The summed E-state index contributed by atoms with van der Waals surface area (Å²) in [7, 11) is 1.60. The zero-order valence-electron chi connectivity index (χ0n) is 13.0. The van der Waals surface area contributed by atoms with Gasteiger partial charge in [-0.05, 0) is 12.1 Å². The molecule has 3 aromatic rings. The molecule has 0 unspecified atom stereocenters. The molecule has 0 fully saturated rings. The Labute approximate surface area is 143 Å². The number of rotatable bonds is 5. The summed E-state index contributed by atoms with van der Waals surface area (Å²) in [6.45, 7) is 0.407. The van der Waals surface area contributed by atoms with Crippen molar-refractivity contribution < 1.29 is 9.53 Å². The Morgan fingerprint density at radius 3 is 2.71 bits per heavy atom. The largest absolute Gasteiger partial charge is 0.398 e. The fourth-order valence-electron chi connectivity index (χ4n) is 2.16. The van der Waals surface area contributed by atoms with Crippen LogP contribution in [0.1, 0.15) is 15.9 Å². The first-order valence-corrected chi connectivity index (χ1v) is 8.06. The molecule has 3 N–H and O–H groups in total. The van der Waals surface area contributed by atoms with Gasteiger partial charge in [0.1, 0.15) is 5.01 Å². The van der Waals surface area contributed by atoms with Gasteiger partial charge in [-0.25, -0.2) is 0 Å². The van der Waals surface area contributed by atoms with Crippen molar-refractivity contribution in [1.82, 2.24) is 10.2 Å². The number of nitrogens with two attached hydrogens (primary N) is 1. The normalized spacial score (nSPS) is 10.5. The first-order valence-electron chi connectivity index (χ1n) is 7.25. The predicted molar refractivity (Wildman–Crippen MR) is 94.9 cm³/mol. The summed E-state index contributed by atoms with van der Waals surface area (Å²) >= 11 is 1.32. The van der Waals surface area contributed by atoms with Gasteiger partial charge in [-0.1, -0.05) is 47.7 Å². The second-order valence-corrected chi connectivity index (χ2v) is 6.06. The molecule has 0 aliphatic rings. The molecule has 0 aliphatic heterocycles. The fraction of sp³-hybridized carbons (Fsp3) is 0.118. The van der Waals surface area contributed by atoms with E-state index in [0.717, 1.165) is 16.1 Å². The van der Waals surface area contributed by atoms with Crippen LogP contribution in [0.5, 0.6) is 0 Å². The van der Waals surface area contributed by atoms with Crippen molar-refractivity contribution in [2.75, 3.05) is 18.2 Å². The number of hydrogen-bond acceptors (Lipinski definition) is 6. The van der Waals surface area contributed by atoms with E-state index < -0.39 is 0 Å². The smallest absolute Gasteiger partial charge is 0.257 e. The maximum Gasteiger partial charge on any atom is 0.257 e. The van der Waals surface area contributed by atoms with Gasteiger partial charge in [0.15, 0.2) is 0 Å². The number of methoxy groups -OCH3 is 1. The van der Waals surface area contributed by atoms with Crippen molar-refractivity contribution in [1.29, 1.82) is 0 Å². The summed E-state index contributed by atoms with van der Waals surface area (Å²) in [5.41, 5.74) is 8.72. The Bertz CT molecular complexity index is 849. The first-order chi connectivity index (χ1) is 11.7. The molecule has 6 nitrogen and oxygen atoms in total. The molecule has 7 heteroatoms. The Kier molecular flexibility index (Phi) is 4.83. The number of aromatic nitrogens is 2. The molecular weight excluding hydrogens is 324 g/mol. The molecule has 3 rings (SSSR count). The predicted octanol–water partition coefficient (Wildman–Crippen LogP) is 3.19. The van der Waals surface area contributed by atoms with E-state index in [1.165, 1.54) is 11.3 Å². The van der Waals surface area contributed by atoms with Crippen LogP contribution in [0.3, 0.4) is 0 Å². The average molecular weight is 340 g/mol. The van der Waals surface area contributed by atoms with Crippen molar-refractivity contribution in [2.24, 2.45) is 0 Å². The van der Waals surface area contributed by atoms with E-state index in [1.807, 2.05) is 30.3 Å². The van der Waals surface area contributed by atoms with E-state index in [1.54, 1.807) is 25.3 Å². The summed E-state index contributed by atoms with van der Waals surface area (Å²) < 4.78 is 5.05. The number of carbonyl (C=O) groups excluding carboxylic acids is 1. The number of carbonyl (C=O) groups is 1. The van der Waals surface area contributed by atoms with Crippen molar-refractivity contribution in [3.8, 4) is 10.6 Å². The van der Waals surface area contributed by atoms with Gasteiger partial charge in [-0.3, -0.25) is 10.1 Å². The van der Waals surface area contributed by atoms with E-state index in [2.05, 4.69) is 15.5 Å². The number of nitrogens with one attached hydrogen (secondary N) is 1. The summed E-state index contributed by atoms with van der Waals surface area (Å²) in [5.74, 6) is -0.276. The third-order valence-electron chi connectivity index (χ3n) is 3.37. The zero-order valence-corrected chi connectivity index (χ0v) is 13.8. The van der Waals surface area contributed by atoms with Gasteiger partial charge in [0.05, 0.1) is 6.61 Å². The van der Waals surface area contributed by atoms with Gasteiger partial charge in [-0.15, -0.1) is 10.2 Å². The fourth-order valence-corrected chi connectivity index (χ4v) is 2.91. The van der Waals surface area contributed by atoms with Crippen molar-refractivity contribution in [3.05, 3.63) is 59.7 Å². The molecule has 0 atom stereocenters. The first kappa shape index (κ1) is 16.1. The van der Waals surface area contributed by atoms with E-state index in [0.29, 0.717) is 23.0 Å². The van der Waals surface area contributed by atoms with E-state index in [4.69, 9.17) is 10.5 Å². The number of anilines is 2. The van der Waals surface area contributed by atoms with Gasteiger partial charge in [0.2, 0.25) is 5.13 Å². The Balaban J connectivity index is 1.73. The molecule has 2 aromatic carbocycles. The van der Waals surface area contributed by atoms with Gasteiger partial charge in [-0.2, -0.15) is 0 Å². The maximum atomic E-state index is 12.3. The molecule has 0 spiro atoms. The van der Waals surface area contributed by atoms with E-state index in [-0.39, 0.29) is 5.91 Å². The minimum absolute atomic E-state index is 0.276. The SMILES string of the molecule is COCc1ccc(C(=O)Nc2nnc(-c3ccccc3)s2)cc1N. The number of nitrogens with zero attached hydrogens (tertiary/aromatic N) is 2. The van der Waals surface area contributed by atoms with Crippen molar-refractivity contribution in [2.45, 2.75) is 6.61 Å². The van der Waals surface area contributed by atoms with Gasteiger partial charge in [0, 0.05) is 29.5 Å². The van der Waals surface area contributed by atoms with E-state index >= 15 is 0 Å². The Morgan fingerprint density at radius 1 is 1.21 bits per heavy atom. The van der Waals surface area contributed by atoms with Crippen LogP contribution in [0.2, 0.25) is 0 Å². The molecule has 0 saturated heterocycles. The second-order valence-electron chi connectivity index (χ2n) is 5.08. The van der Waals surface area contributed by atoms with Gasteiger partial charge < -0.3 is 10.5 Å². The lowest BCUT2D eigenvalue weighted by atomic mass is 10.1. The summed E-state index contributed by atoms with van der Waals surface area (Å²) in [5, 5.41) is 12.1. The highest BCUT2D eigenvalue weighted by Crippen LogP contribution is 2.26. The molecule has 0 bridgehead atoms. The summed E-state index contributed by atoms with van der Waals surface area (Å²) in [4.78, 5) is 12.3. The topological polar surface area (TPSA) is 90.1 Å². The minimum atomic E-state index is -0.276. The van der Waals surface area contributed by atoms with Crippen LogP contribution in [-0.4, -0.2) is 23.2 Å². The lowest BCUT2D eigenvalue weighted by Gasteiger charge is -2.07. The Morgan fingerprint density at radius 2 is 2.00 bits per heavy atom. The van der Waals surface area contributed by atoms with Crippen LogP contribution < -0.4 is 11.1 Å². The van der Waals surface area contributed by atoms with Crippen LogP contribution in [0.15, 0.2) is 48.5 Å². The lowest BCUT2D eigenvalue weighted by molar-refractivity contribution is 0.102. The second kappa shape index (κ2) is 7.20. The molecule has 1 heterocycles. The molecule has 1 aromatic heterocycles. The summed E-state index contributed by atoms with van der Waals surface area (Å²) in [6.07, 6.45) is 0. The van der Waals surface area contributed by atoms with Crippen molar-refractivity contribution >= 4 is 28.1 Å². The monoisotopic (exact) mass is 340 g/mol. The summed E-state index contributed by atoms with van der Waals surface area (Å²) in [6, 6.07) is 14.8. The highest BCUT2D eigenvalue weighted by Gasteiger charge is 2.12. The Hall–Kier alpha value is -2.77. The maximum absolute atomic E-state index is 12.3. The number of benzene rings is 2. The average Bonchev–Trinajstić information content (AvgIpc) is 3.06. The lowest BCUT2D eigenvalue weighted by Crippen LogP contribution is -2.12. The van der Waals surface area contributed by atoms with Crippen molar-refractivity contribution in [3.63, 3.8) is 0 Å². The molecule has 1 amide bonds. The van der Waals surface area contributed by atoms with Crippen LogP contribution in [0.4, 0.5) is 10.8 Å². The third-order valence-corrected chi connectivity index (χ3v) is 4.26. The molecule has 122 valence electrons. The highest BCUT2D eigenvalue weighted by atomic mass is 32.1. The number of amides is 1. The molecular formula is C17H16N4O2S. The number of hydrogen-bond donors (Lipinski definition) is 2. The third kappa shape index (κ3) is 3.58. The van der Waals surface area contributed by atoms with Gasteiger partial charge in [0.25, 0.3) is 5.91 Å². The van der Waals surface area contributed by atoms with Crippen LogP contribution in [0, 0.1) is 0 Å². The van der Waals surface area contributed by atoms with Crippen LogP contribution in [-0.2, 0) is 11.3 Å². The highest BCUT2D eigenvalue weighted by molar-refractivity contribution is 7.18. The molecule has 0 aliphatic carbocycles. The van der Waals surface area contributed by atoms with Gasteiger partial charge >= 0.3 is 0 Å². The molecule has 24 heavy (non-hydrogen) atoms. The minimum Gasteiger partial charge on any atom is -0.398 e. The standard InChI is InChI=1S/C17H16N4O2S/c1-23-10-13-8-7-12(9-14(13)18)15(22)19-17-21-20-16(24-17)11-5-3-2-4-6-11/h2-9H,10,18H2,1H3,(H,19,21,22). The zero-order chi connectivity index (χ0) is 16.9. The van der Waals surface area contributed by atoms with Crippen LogP contribution >= 0.6 is 11.3 Å². The molecule has 0 saturated carbocycles. The molecule has 0 radical (unpaired) electrons. The number of ether oxygens (including phenoxy) is 1. The quantitative estimate of drug-likeness (QED) is 0.696. The van der Waals surface area contributed by atoms with Crippen LogP contribution in [0.25, 0.3) is 10.6 Å².